The summed E-state index contributed by atoms with van der Waals surface area (Å²) in [4.78, 5) is 23.2. The Balaban J connectivity index is 2.52. The zero-order valence-corrected chi connectivity index (χ0v) is 9.06. The van der Waals surface area contributed by atoms with Gasteiger partial charge in [0, 0.05) is 13.1 Å². The number of aromatic carboxylic acids is 1. The number of nitrogens with one attached hydrogen (secondary N) is 1. The molecule has 1 amide bonds. The second kappa shape index (κ2) is 5.26. The average molecular weight is 227 g/mol. The van der Waals surface area contributed by atoms with Gasteiger partial charge >= 0.3 is 5.97 Å². The molecule has 0 aliphatic carbocycles. The maximum atomic E-state index is 11.0. The fourth-order valence-corrected chi connectivity index (χ4v) is 1.13. The molecular weight excluding hydrogens is 214 g/mol. The molecule has 0 atom stereocenters. The van der Waals surface area contributed by atoms with Gasteiger partial charge in [-0.15, -0.1) is 0 Å². The molecule has 0 saturated heterocycles. The molecule has 16 heavy (non-hydrogen) atoms. The van der Waals surface area contributed by atoms with Crippen LogP contribution in [0.2, 0.25) is 0 Å². The van der Waals surface area contributed by atoms with Crippen molar-refractivity contribution in [1.29, 1.82) is 0 Å². The van der Waals surface area contributed by atoms with Crippen LogP contribution in [0.3, 0.4) is 0 Å². The second-order valence-electron chi connectivity index (χ2n) is 3.33. The Morgan fingerprint density at radius 3 is 2.81 bits per heavy atom. The van der Waals surface area contributed by atoms with E-state index < -0.39 is 5.97 Å². The Bertz CT molecular complexity index is 388. The van der Waals surface area contributed by atoms with Crippen LogP contribution in [-0.2, 0) is 11.3 Å². The molecule has 0 aliphatic rings. The van der Waals surface area contributed by atoms with E-state index in [2.05, 4.69) is 10.5 Å². The highest BCUT2D eigenvalue weighted by Crippen LogP contribution is 2.05. The molecule has 0 bridgehead atoms. The summed E-state index contributed by atoms with van der Waals surface area (Å²) in [5.74, 6) is -0.853. The van der Waals surface area contributed by atoms with E-state index in [0.717, 1.165) is 0 Å². The van der Waals surface area contributed by atoms with Gasteiger partial charge in [-0.05, 0) is 7.05 Å². The van der Waals surface area contributed by atoms with E-state index in [9.17, 15) is 9.59 Å². The van der Waals surface area contributed by atoms with Gasteiger partial charge < -0.3 is 14.9 Å². The van der Waals surface area contributed by atoms with E-state index in [-0.39, 0.29) is 18.1 Å². The zero-order chi connectivity index (χ0) is 12.1. The van der Waals surface area contributed by atoms with Crippen LogP contribution in [0.25, 0.3) is 0 Å². The molecule has 7 heteroatoms. The molecule has 7 nitrogen and oxygen atoms in total. The molecule has 0 spiro atoms. The minimum atomic E-state index is -1.14. The Labute approximate surface area is 92.0 Å². The molecule has 88 valence electrons. The number of amides is 1. The Kier molecular flexibility index (Phi) is 4.01. The molecule has 1 heterocycles. The lowest BCUT2D eigenvalue weighted by Crippen LogP contribution is -2.32. The van der Waals surface area contributed by atoms with Crippen LogP contribution < -0.4 is 5.32 Å². The second-order valence-corrected chi connectivity index (χ2v) is 3.33. The van der Waals surface area contributed by atoms with Crippen molar-refractivity contribution in [2.75, 3.05) is 20.6 Å². The first-order chi connectivity index (χ1) is 7.52. The molecule has 0 saturated carbocycles. The summed E-state index contributed by atoms with van der Waals surface area (Å²) in [7, 11) is 3.27. The Hall–Kier alpha value is -1.89. The number of hydrogen-bond acceptors (Lipinski definition) is 5. The quantitative estimate of drug-likeness (QED) is 0.707. The highest BCUT2D eigenvalue weighted by molar-refractivity contribution is 5.85. The maximum Gasteiger partial charge on any atom is 0.358 e. The zero-order valence-electron chi connectivity index (χ0n) is 9.06. The lowest BCUT2D eigenvalue weighted by Gasteiger charge is -2.12. The van der Waals surface area contributed by atoms with Crippen molar-refractivity contribution in [2.24, 2.45) is 0 Å². The van der Waals surface area contributed by atoms with Gasteiger partial charge in [0.25, 0.3) is 0 Å². The van der Waals surface area contributed by atoms with Crippen LogP contribution in [0, 0.1) is 0 Å². The summed E-state index contributed by atoms with van der Waals surface area (Å²) in [6.07, 6.45) is 0. The number of rotatable bonds is 5. The van der Waals surface area contributed by atoms with Crippen LogP contribution >= 0.6 is 0 Å². The van der Waals surface area contributed by atoms with E-state index in [1.54, 1.807) is 19.0 Å². The van der Waals surface area contributed by atoms with Gasteiger partial charge in [0.05, 0.1) is 13.1 Å². The van der Waals surface area contributed by atoms with E-state index in [1.165, 1.54) is 6.07 Å². The van der Waals surface area contributed by atoms with E-state index >= 15 is 0 Å². The highest BCUT2D eigenvalue weighted by Gasteiger charge is 2.13. The van der Waals surface area contributed by atoms with Gasteiger partial charge in [0.15, 0.2) is 11.5 Å². The van der Waals surface area contributed by atoms with Crippen LogP contribution in [0.4, 0.5) is 0 Å². The summed E-state index contributed by atoms with van der Waals surface area (Å²) in [5.41, 5.74) is -0.136. The van der Waals surface area contributed by atoms with Crippen LogP contribution in [0.1, 0.15) is 16.2 Å². The first-order valence-electron chi connectivity index (χ1n) is 4.61. The molecule has 0 aromatic carbocycles. The number of carboxylic acid groups (broad SMARTS) is 1. The van der Waals surface area contributed by atoms with Crippen molar-refractivity contribution in [1.82, 2.24) is 15.4 Å². The summed E-state index contributed by atoms with van der Waals surface area (Å²) >= 11 is 0. The number of hydrogen-bond donors (Lipinski definition) is 2. The summed E-state index contributed by atoms with van der Waals surface area (Å²) in [6.45, 7) is 0.535. The lowest BCUT2D eigenvalue weighted by molar-refractivity contribution is -0.121. The number of carbonyl (C=O) groups is 2. The number of aromatic nitrogens is 1. The smallest absolute Gasteiger partial charge is 0.358 e. The maximum absolute atomic E-state index is 11.0. The monoisotopic (exact) mass is 227 g/mol. The molecule has 2 N–H and O–H groups in total. The molecule has 0 unspecified atom stereocenters. The fourth-order valence-electron chi connectivity index (χ4n) is 1.13. The number of carboxylic acids is 1. The van der Waals surface area contributed by atoms with Gasteiger partial charge in [0.2, 0.25) is 5.91 Å². The third kappa shape index (κ3) is 3.35. The first-order valence-corrected chi connectivity index (χ1v) is 4.61. The highest BCUT2D eigenvalue weighted by atomic mass is 16.5. The van der Waals surface area contributed by atoms with Crippen molar-refractivity contribution in [3.63, 3.8) is 0 Å². The van der Waals surface area contributed by atoms with Crippen molar-refractivity contribution in [3.8, 4) is 0 Å². The van der Waals surface area contributed by atoms with Crippen LogP contribution in [0.5, 0.6) is 0 Å². The third-order valence-corrected chi connectivity index (χ3v) is 1.90. The standard InChI is InChI=1S/C9H13N3O4/c1-10-8(13)5-12(2)4-6-3-7(9(14)15)11-16-6/h3H,4-5H2,1-2H3,(H,10,13)(H,14,15). The normalized spacial score (nSPS) is 10.4. The number of nitrogens with zero attached hydrogens (tertiary/aromatic N) is 2. The van der Waals surface area contributed by atoms with E-state index in [4.69, 9.17) is 9.63 Å². The minimum Gasteiger partial charge on any atom is -0.476 e. The predicted octanol–water partition coefficient (Wildman–Crippen LogP) is -0.449. The molecule has 0 fully saturated rings. The molecular formula is C9H13N3O4. The van der Waals surface area contributed by atoms with Crippen molar-refractivity contribution >= 4 is 11.9 Å². The van der Waals surface area contributed by atoms with Crippen LogP contribution in [-0.4, -0.2) is 47.7 Å². The molecule has 0 aliphatic heterocycles. The fraction of sp³-hybridized carbons (Fsp3) is 0.444. The van der Waals surface area contributed by atoms with Crippen molar-refractivity contribution in [3.05, 3.63) is 17.5 Å². The largest absolute Gasteiger partial charge is 0.476 e. The lowest BCUT2D eigenvalue weighted by atomic mass is 10.3. The van der Waals surface area contributed by atoms with Gasteiger partial charge in [-0.2, -0.15) is 0 Å². The molecule has 0 radical (unpaired) electrons. The van der Waals surface area contributed by atoms with Gasteiger partial charge in [-0.3, -0.25) is 9.69 Å². The van der Waals surface area contributed by atoms with Crippen LogP contribution in [0.15, 0.2) is 10.6 Å². The minimum absolute atomic E-state index is 0.125. The number of likely N-dealkylation sites (N-methyl/N-ethyl adjacent to an activating group) is 2. The summed E-state index contributed by atoms with van der Waals surface area (Å²) in [6, 6.07) is 1.34. The van der Waals surface area contributed by atoms with E-state index in [1.807, 2.05) is 0 Å². The average Bonchev–Trinajstić information content (AvgIpc) is 2.65. The van der Waals surface area contributed by atoms with Crippen molar-refractivity contribution in [2.45, 2.75) is 6.54 Å². The first kappa shape index (κ1) is 12.2. The SMILES string of the molecule is CNC(=O)CN(C)Cc1cc(C(=O)O)no1. The van der Waals surface area contributed by atoms with Gasteiger partial charge in [-0.1, -0.05) is 5.16 Å². The molecule has 1 rings (SSSR count). The van der Waals surface area contributed by atoms with E-state index in [0.29, 0.717) is 12.3 Å². The predicted molar refractivity (Wildman–Crippen MR) is 53.9 cm³/mol. The summed E-state index contributed by atoms with van der Waals surface area (Å²) < 4.78 is 4.81. The van der Waals surface area contributed by atoms with Gasteiger partial charge in [-0.25, -0.2) is 4.79 Å². The molecule has 1 aromatic heterocycles. The summed E-state index contributed by atoms with van der Waals surface area (Å²) in [5, 5.41) is 14.5. The van der Waals surface area contributed by atoms with Crippen molar-refractivity contribution < 1.29 is 19.2 Å². The molecule has 1 aromatic rings. The van der Waals surface area contributed by atoms with Gasteiger partial charge in [0.1, 0.15) is 0 Å². The Morgan fingerprint density at radius 2 is 2.31 bits per heavy atom. The third-order valence-electron chi connectivity index (χ3n) is 1.90. The topological polar surface area (TPSA) is 95.7 Å². The number of carbonyl (C=O) groups excluding carboxylic acids is 1. The Morgan fingerprint density at radius 1 is 1.62 bits per heavy atom.